The molecule has 164 valence electrons. The first-order chi connectivity index (χ1) is 15.1. The van der Waals surface area contributed by atoms with E-state index in [4.69, 9.17) is 21.1 Å². The first-order valence-corrected chi connectivity index (χ1v) is 9.35. The average Bonchev–Trinajstić information content (AvgIpc) is 3.24. The number of hydrazone groups is 1. The summed E-state index contributed by atoms with van der Waals surface area (Å²) in [6.45, 7) is 0. The molecule has 3 aromatic heterocycles. The van der Waals surface area contributed by atoms with Crippen molar-refractivity contribution < 1.29 is 14.3 Å². The van der Waals surface area contributed by atoms with Crippen molar-refractivity contribution in [3.63, 3.8) is 0 Å². The summed E-state index contributed by atoms with van der Waals surface area (Å²) < 4.78 is 11.7. The summed E-state index contributed by atoms with van der Waals surface area (Å²) in [6.07, 6.45) is 5.94. The van der Waals surface area contributed by atoms with Crippen molar-refractivity contribution in [3.05, 3.63) is 65.3 Å². The number of halogens is 2. The molecule has 32 heavy (non-hydrogen) atoms. The zero-order valence-corrected chi connectivity index (χ0v) is 18.5. The molecule has 0 saturated carbocycles. The van der Waals surface area contributed by atoms with Gasteiger partial charge in [-0.3, -0.25) is 5.43 Å². The zero-order chi connectivity index (χ0) is 21.8. The van der Waals surface area contributed by atoms with Gasteiger partial charge >= 0.3 is 5.97 Å². The van der Waals surface area contributed by atoms with E-state index in [0.29, 0.717) is 28.2 Å². The highest BCUT2D eigenvalue weighted by molar-refractivity contribution is 6.33. The lowest BCUT2D eigenvalue weighted by molar-refractivity contribution is 0.0600. The number of fused-ring (bicyclic) bond motifs is 1. The van der Waals surface area contributed by atoms with Crippen molar-refractivity contribution in [2.75, 3.05) is 19.6 Å². The number of benzene rings is 1. The number of esters is 1. The van der Waals surface area contributed by atoms with E-state index in [-0.39, 0.29) is 23.1 Å². The van der Waals surface area contributed by atoms with Crippen LogP contribution in [0.15, 0.2) is 54.2 Å². The fraction of sp³-hybridized carbons (Fsp3) is 0.100. The minimum atomic E-state index is -0.608. The highest BCUT2D eigenvalue weighted by Gasteiger charge is 2.16. The topological polar surface area (TPSA) is 116 Å². The molecule has 0 unspecified atom stereocenters. The summed E-state index contributed by atoms with van der Waals surface area (Å²) in [7, 11) is 2.87. The van der Waals surface area contributed by atoms with Crippen LogP contribution in [0.25, 0.3) is 16.7 Å². The predicted molar refractivity (Wildman–Crippen MR) is 122 cm³/mol. The molecule has 0 amide bonds. The number of rotatable bonds is 6. The third-order valence-electron chi connectivity index (χ3n) is 4.36. The van der Waals surface area contributed by atoms with Crippen molar-refractivity contribution in [1.29, 1.82) is 0 Å². The molecular weight excluding hydrogens is 457 g/mol. The number of nitrogens with one attached hydrogen (secondary N) is 1. The number of carbonyl (C=O) groups excluding carboxylic acids is 1. The minimum absolute atomic E-state index is 0. The minimum Gasteiger partial charge on any atom is -0.497 e. The third kappa shape index (κ3) is 4.46. The number of methoxy groups -OCH3 is 2. The number of anilines is 1. The van der Waals surface area contributed by atoms with E-state index in [9.17, 15) is 4.79 Å². The van der Waals surface area contributed by atoms with Crippen LogP contribution in [0, 0.1) is 0 Å². The van der Waals surface area contributed by atoms with Gasteiger partial charge in [0.05, 0.1) is 37.7 Å². The standard InChI is InChI=1S/C20H16ClN7O3.ClH/c1-30-14-5-3-4-13(8-14)28-19-15(10-26-28)18(23-11-24-19)27-25-9-12-6-7-22-17(21)16(12)20(29)31-2;/h3-11H,1-2H3,(H,23,24,27);1H/b25-9+;. The van der Waals surface area contributed by atoms with Crippen molar-refractivity contribution in [1.82, 2.24) is 24.7 Å². The van der Waals surface area contributed by atoms with Gasteiger partial charge in [0.2, 0.25) is 0 Å². The Bertz CT molecular complexity index is 1290. The largest absolute Gasteiger partial charge is 0.497 e. The number of hydrogen-bond acceptors (Lipinski definition) is 9. The van der Waals surface area contributed by atoms with Gasteiger partial charge in [-0.15, -0.1) is 12.4 Å². The third-order valence-corrected chi connectivity index (χ3v) is 4.65. The molecule has 0 aliphatic carbocycles. The van der Waals surface area contributed by atoms with Crippen LogP contribution in [0.4, 0.5) is 5.82 Å². The fourth-order valence-corrected chi connectivity index (χ4v) is 3.13. The van der Waals surface area contributed by atoms with Crippen LogP contribution in [-0.4, -0.2) is 51.1 Å². The molecule has 0 saturated heterocycles. The molecule has 4 rings (SSSR count). The molecule has 0 aliphatic heterocycles. The van der Waals surface area contributed by atoms with Gasteiger partial charge in [-0.25, -0.2) is 24.4 Å². The Balaban J connectivity index is 0.00000289. The van der Waals surface area contributed by atoms with Gasteiger partial charge in [-0.05, 0) is 18.2 Å². The Morgan fingerprint density at radius 3 is 2.84 bits per heavy atom. The first kappa shape index (κ1) is 22.9. The molecular formula is C20H17Cl2N7O3. The number of ether oxygens (including phenoxy) is 2. The average molecular weight is 474 g/mol. The predicted octanol–water partition coefficient (Wildman–Crippen LogP) is 3.53. The lowest BCUT2D eigenvalue weighted by Gasteiger charge is -2.06. The maximum absolute atomic E-state index is 12.0. The van der Waals surface area contributed by atoms with Crippen LogP contribution in [0.2, 0.25) is 5.15 Å². The smallest absolute Gasteiger partial charge is 0.341 e. The Labute approximate surface area is 193 Å². The molecule has 0 radical (unpaired) electrons. The van der Waals surface area contributed by atoms with Gasteiger partial charge in [0.15, 0.2) is 11.5 Å². The molecule has 0 atom stereocenters. The second-order valence-electron chi connectivity index (χ2n) is 6.14. The van der Waals surface area contributed by atoms with Gasteiger partial charge in [0.1, 0.15) is 22.8 Å². The Hall–Kier alpha value is -3.76. The van der Waals surface area contributed by atoms with Crippen LogP contribution >= 0.6 is 24.0 Å². The maximum Gasteiger partial charge on any atom is 0.341 e. The van der Waals surface area contributed by atoms with Gasteiger partial charge in [-0.2, -0.15) is 10.2 Å². The van der Waals surface area contributed by atoms with E-state index in [2.05, 4.69) is 30.6 Å². The lowest BCUT2D eigenvalue weighted by Crippen LogP contribution is -2.08. The van der Waals surface area contributed by atoms with E-state index in [0.717, 1.165) is 5.69 Å². The molecule has 1 N–H and O–H groups in total. The van der Waals surface area contributed by atoms with E-state index >= 15 is 0 Å². The number of pyridine rings is 1. The van der Waals surface area contributed by atoms with E-state index in [1.165, 1.54) is 25.8 Å². The number of aromatic nitrogens is 5. The molecule has 0 aliphatic rings. The van der Waals surface area contributed by atoms with Gasteiger partial charge in [-0.1, -0.05) is 17.7 Å². The van der Waals surface area contributed by atoms with Gasteiger partial charge in [0, 0.05) is 17.8 Å². The molecule has 4 aromatic rings. The molecule has 0 fully saturated rings. The molecule has 10 nitrogen and oxygen atoms in total. The summed E-state index contributed by atoms with van der Waals surface area (Å²) in [5, 5.41) is 9.26. The Kier molecular flexibility index (Phi) is 7.18. The SMILES string of the molecule is COC(=O)c1c(/C=N/Nc2ncnc3c2cnn3-c2cccc(OC)c2)ccnc1Cl.Cl. The van der Waals surface area contributed by atoms with E-state index < -0.39 is 5.97 Å². The Morgan fingerprint density at radius 1 is 1.22 bits per heavy atom. The molecule has 3 heterocycles. The Morgan fingerprint density at radius 2 is 2.06 bits per heavy atom. The molecule has 0 spiro atoms. The van der Waals surface area contributed by atoms with Crippen molar-refractivity contribution in [2.24, 2.45) is 5.10 Å². The highest BCUT2D eigenvalue weighted by Crippen LogP contribution is 2.24. The van der Waals surface area contributed by atoms with Crippen LogP contribution < -0.4 is 10.2 Å². The van der Waals surface area contributed by atoms with E-state index in [1.807, 2.05) is 24.3 Å². The van der Waals surface area contributed by atoms with Crippen molar-refractivity contribution >= 4 is 53.0 Å². The van der Waals surface area contributed by atoms with E-state index in [1.54, 1.807) is 24.1 Å². The zero-order valence-electron chi connectivity index (χ0n) is 16.9. The fourth-order valence-electron chi connectivity index (χ4n) is 2.89. The van der Waals surface area contributed by atoms with Crippen molar-refractivity contribution in [2.45, 2.75) is 0 Å². The summed E-state index contributed by atoms with van der Waals surface area (Å²) in [5.74, 6) is 0.536. The highest BCUT2D eigenvalue weighted by atomic mass is 35.5. The van der Waals surface area contributed by atoms with Crippen LogP contribution in [0.1, 0.15) is 15.9 Å². The molecule has 1 aromatic carbocycles. The maximum atomic E-state index is 12.0. The second kappa shape index (κ2) is 10.0. The summed E-state index contributed by atoms with van der Waals surface area (Å²) in [6, 6.07) is 9.05. The second-order valence-corrected chi connectivity index (χ2v) is 6.50. The number of hydrogen-bond donors (Lipinski definition) is 1. The normalized spacial score (nSPS) is 10.7. The van der Waals surface area contributed by atoms with Crippen molar-refractivity contribution in [3.8, 4) is 11.4 Å². The van der Waals surface area contributed by atoms with Crippen LogP contribution in [-0.2, 0) is 4.74 Å². The monoisotopic (exact) mass is 473 g/mol. The van der Waals surface area contributed by atoms with Crippen LogP contribution in [0.3, 0.4) is 0 Å². The summed E-state index contributed by atoms with van der Waals surface area (Å²) in [4.78, 5) is 24.4. The summed E-state index contributed by atoms with van der Waals surface area (Å²) in [5.41, 5.74) is 4.79. The summed E-state index contributed by atoms with van der Waals surface area (Å²) >= 11 is 6.03. The van der Waals surface area contributed by atoms with Crippen LogP contribution in [0.5, 0.6) is 5.75 Å². The molecule has 12 heteroatoms. The first-order valence-electron chi connectivity index (χ1n) is 8.97. The number of nitrogens with zero attached hydrogens (tertiary/aromatic N) is 6. The van der Waals surface area contributed by atoms with Gasteiger partial charge < -0.3 is 9.47 Å². The lowest BCUT2D eigenvalue weighted by atomic mass is 10.1. The molecule has 0 bridgehead atoms. The number of carbonyl (C=O) groups is 1. The quantitative estimate of drug-likeness (QED) is 0.195. The van der Waals surface area contributed by atoms with Gasteiger partial charge in [0.25, 0.3) is 0 Å².